The van der Waals surface area contributed by atoms with Gasteiger partial charge in [-0.05, 0) is 49.5 Å². The number of hydrogen-bond acceptors (Lipinski definition) is 4. The van der Waals surface area contributed by atoms with Crippen LogP contribution in [-0.2, 0) is 0 Å². The number of nitrogens with two attached hydrogens (primary N) is 1. The molecule has 4 heteroatoms. The van der Waals surface area contributed by atoms with Crippen molar-refractivity contribution >= 4 is 11.5 Å². The van der Waals surface area contributed by atoms with Crippen LogP contribution in [0.5, 0.6) is 0 Å². The minimum absolute atomic E-state index is 0.540. The van der Waals surface area contributed by atoms with Gasteiger partial charge in [-0.15, -0.1) is 0 Å². The molecule has 0 aliphatic heterocycles. The number of anilines is 2. The first-order valence-corrected chi connectivity index (χ1v) is 6.67. The smallest absolute Gasteiger partial charge is 0.144 e. The van der Waals surface area contributed by atoms with E-state index in [1.165, 1.54) is 25.7 Å². The highest BCUT2D eigenvalue weighted by molar-refractivity contribution is 5.57. The molecule has 0 atom stereocenters. The average Bonchev–Trinajstić information content (AvgIpc) is 3.24. The maximum absolute atomic E-state index is 9.07. The third-order valence-electron chi connectivity index (χ3n) is 3.99. The van der Waals surface area contributed by atoms with Crippen LogP contribution >= 0.6 is 0 Å². The van der Waals surface area contributed by atoms with Crippen molar-refractivity contribution in [2.45, 2.75) is 25.7 Å². The van der Waals surface area contributed by atoms with Gasteiger partial charge in [0.2, 0.25) is 0 Å². The van der Waals surface area contributed by atoms with Gasteiger partial charge in [0.25, 0.3) is 0 Å². The van der Waals surface area contributed by atoms with Crippen LogP contribution < -0.4 is 11.1 Å². The van der Waals surface area contributed by atoms with E-state index in [2.05, 4.69) is 16.4 Å². The number of nitriles is 1. The Morgan fingerprint density at radius 1 is 1.39 bits per heavy atom. The molecule has 0 aromatic carbocycles. The first-order chi connectivity index (χ1) is 8.78. The largest absolute Gasteiger partial charge is 0.397 e. The van der Waals surface area contributed by atoms with Crippen LogP contribution in [0.25, 0.3) is 0 Å². The molecule has 0 saturated heterocycles. The van der Waals surface area contributed by atoms with Crippen molar-refractivity contribution in [3.05, 3.63) is 17.8 Å². The number of nitrogens with zero attached hydrogens (tertiary/aromatic N) is 2. The Hall–Kier alpha value is -1.76. The molecule has 3 rings (SSSR count). The fourth-order valence-electron chi connectivity index (χ4n) is 2.69. The predicted molar refractivity (Wildman–Crippen MR) is 70.8 cm³/mol. The summed E-state index contributed by atoms with van der Waals surface area (Å²) in [6.07, 6.45) is 7.12. The number of rotatable bonds is 5. The van der Waals surface area contributed by atoms with Crippen molar-refractivity contribution in [2.75, 3.05) is 17.6 Å². The number of aromatic nitrogens is 1. The maximum Gasteiger partial charge on any atom is 0.144 e. The van der Waals surface area contributed by atoms with Gasteiger partial charge in [0.1, 0.15) is 11.9 Å². The van der Waals surface area contributed by atoms with E-state index in [1.807, 2.05) is 0 Å². The molecule has 2 aliphatic carbocycles. The van der Waals surface area contributed by atoms with Crippen molar-refractivity contribution in [1.29, 1.82) is 5.26 Å². The Balaban J connectivity index is 1.67. The van der Waals surface area contributed by atoms with Crippen molar-refractivity contribution in [3.63, 3.8) is 0 Å². The highest BCUT2D eigenvalue weighted by Crippen LogP contribution is 2.49. The normalized spacial score (nSPS) is 18.7. The van der Waals surface area contributed by atoms with Gasteiger partial charge in [-0.25, -0.2) is 4.98 Å². The lowest BCUT2D eigenvalue weighted by molar-refractivity contribution is 0.427. The summed E-state index contributed by atoms with van der Waals surface area (Å²) in [7, 11) is 0. The Labute approximate surface area is 107 Å². The highest BCUT2D eigenvalue weighted by Gasteiger charge is 2.41. The average molecular weight is 242 g/mol. The number of hydrogen-bond donors (Lipinski definition) is 2. The lowest BCUT2D eigenvalue weighted by Gasteiger charge is -2.17. The van der Waals surface area contributed by atoms with Crippen molar-refractivity contribution < 1.29 is 0 Å². The van der Waals surface area contributed by atoms with Crippen LogP contribution in [-0.4, -0.2) is 11.5 Å². The quantitative estimate of drug-likeness (QED) is 0.831. The molecule has 0 spiro atoms. The van der Waals surface area contributed by atoms with Crippen molar-refractivity contribution in [2.24, 2.45) is 17.8 Å². The standard InChI is InChI=1S/C14H18N4/c15-6-11-5-12(16)7-17-14(11)18-8-13(9-1-2-9)10-3-4-10/h5,7,9-10,13H,1-4,8,16H2,(H,17,18). The summed E-state index contributed by atoms with van der Waals surface area (Å²) in [4.78, 5) is 4.22. The molecule has 1 aromatic rings. The molecule has 1 heterocycles. The zero-order valence-corrected chi connectivity index (χ0v) is 10.4. The molecule has 4 nitrogen and oxygen atoms in total. The summed E-state index contributed by atoms with van der Waals surface area (Å²) in [5, 5.41) is 12.4. The molecule has 1 aromatic heterocycles. The topological polar surface area (TPSA) is 74.7 Å². The molecule has 2 aliphatic rings. The molecule has 3 N–H and O–H groups in total. The molecule has 0 radical (unpaired) electrons. The van der Waals surface area contributed by atoms with Gasteiger partial charge in [-0.1, -0.05) is 0 Å². The minimum Gasteiger partial charge on any atom is -0.397 e. The minimum atomic E-state index is 0.540. The van der Waals surface area contributed by atoms with E-state index in [0.717, 1.165) is 24.3 Å². The van der Waals surface area contributed by atoms with Gasteiger partial charge >= 0.3 is 0 Å². The molecule has 0 bridgehead atoms. The van der Waals surface area contributed by atoms with Crippen LogP contribution in [0.3, 0.4) is 0 Å². The lowest BCUT2D eigenvalue weighted by Crippen LogP contribution is -2.19. The molecule has 0 amide bonds. The third-order valence-corrected chi connectivity index (χ3v) is 3.99. The Kier molecular flexibility index (Phi) is 2.83. The van der Waals surface area contributed by atoms with Crippen molar-refractivity contribution in [1.82, 2.24) is 4.98 Å². The maximum atomic E-state index is 9.07. The van der Waals surface area contributed by atoms with Crippen LogP contribution in [0.2, 0.25) is 0 Å². The first-order valence-electron chi connectivity index (χ1n) is 6.67. The number of nitrogens with one attached hydrogen (secondary N) is 1. The van der Waals surface area contributed by atoms with Crippen LogP contribution in [0, 0.1) is 29.1 Å². The fraction of sp³-hybridized carbons (Fsp3) is 0.571. The van der Waals surface area contributed by atoms with Gasteiger partial charge in [0.15, 0.2) is 0 Å². The second-order valence-corrected chi connectivity index (χ2v) is 5.50. The first kappa shape index (κ1) is 11.3. The molecule has 0 unspecified atom stereocenters. The second-order valence-electron chi connectivity index (χ2n) is 5.50. The van der Waals surface area contributed by atoms with Crippen LogP contribution in [0.4, 0.5) is 11.5 Å². The third kappa shape index (κ3) is 2.40. The summed E-state index contributed by atoms with van der Waals surface area (Å²) in [5.74, 6) is 3.27. The van der Waals surface area contributed by atoms with Crippen LogP contribution in [0.15, 0.2) is 12.3 Å². The van der Waals surface area contributed by atoms with Gasteiger partial charge in [-0.2, -0.15) is 5.26 Å². The predicted octanol–water partition coefficient (Wildman–Crippen LogP) is 2.38. The number of pyridine rings is 1. The van der Waals surface area contributed by atoms with E-state index >= 15 is 0 Å². The van der Waals surface area contributed by atoms with E-state index in [4.69, 9.17) is 11.0 Å². The molecular weight excluding hydrogens is 224 g/mol. The van der Waals surface area contributed by atoms with E-state index in [1.54, 1.807) is 12.3 Å². The molecular formula is C14H18N4. The van der Waals surface area contributed by atoms with E-state index in [9.17, 15) is 0 Å². The van der Waals surface area contributed by atoms with E-state index in [0.29, 0.717) is 17.1 Å². The van der Waals surface area contributed by atoms with Gasteiger partial charge < -0.3 is 11.1 Å². The summed E-state index contributed by atoms with van der Waals surface area (Å²) in [6, 6.07) is 3.82. The monoisotopic (exact) mass is 242 g/mol. The molecule has 94 valence electrons. The zero-order chi connectivity index (χ0) is 12.5. The second kappa shape index (κ2) is 4.49. The zero-order valence-electron chi connectivity index (χ0n) is 10.4. The van der Waals surface area contributed by atoms with Gasteiger partial charge in [-0.3, -0.25) is 0 Å². The van der Waals surface area contributed by atoms with Gasteiger partial charge in [0.05, 0.1) is 17.4 Å². The van der Waals surface area contributed by atoms with Crippen molar-refractivity contribution in [3.8, 4) is 6.07 Å². The summed E-state index contributed by atoms with van der Waals surface area (Å²) < 4.78 is 0. The highest BCUT2D eigenvalue weighted by atomic mass is 15.0. The molecule has 2 fully saturated rings. The Morgan fingerprint density at radius 2 is 2.06 bits per heavy atom. The van der Waals surface area contributed by atoms with E-state index in [-0.39, 0.29) is 0 Å². The number of nitrogen functional groups attached to an aromatic ring is 1. The fourth-order valence-corrected chi connectivity index (χ4v) is 2.69. The molecule has 18 heavy (non-hydrogen) atoms. The summed E-state index contributed by atoms with van der Waals surface area (Å²) >= 11 is 0. The van der Waals surface area contributed by atoms with Crippen LogP contribution in [0.1, 0.15) is 31.2 Å². The molecule has 2 saturated carbocycles. The Bertz CT molecular complexity index is 471. The summed E-state index contributed by atoms with van der Waals surface area (Å²) in [6.45, 7) is 0.945. The Morgan fingerprint density at radius 3 is 2.61 bits per heavy atom. The SMILES string of the molecule is N#Cc1cc(N)cnc1NCC(C1CC1)C1CC1. The summed E-state index contributed by atoms with van der Waals surface area (Å²) in [5.41, 5.74) is 6.72. The van der Waals surface area contributed by atoms with E-state index < -0.39 is 0 Å². The lowest BCUT2D eigenvalue weighted by atomic mass is 9.98. The van der Waals surface area contributed by atoms with Gasteiger partial charge in [0, 0.05) is 6.54 Å².